The van der Waals surface area contributed by atoms with E-state index in [0.717, 1.165) is 27.5 Å². The molecule has 7 heteroatoms. The second-order valence-electron chi connectivity index (χ2n) is 5.73. The summed E-state index contributed by atoms with van der Waals surface area (Å²) in [6.45, 7) is 1.92. The molecular weight excluding hydrogens is 369 g/mol. The third-order valence-corrected chi connectivity index (χ3v) is 5.72. The molecule has 0 saturated heterocycles. The molecule has 0 unspecified atom stereocenters. The van der Waals surface area contributed by atoms with Crippen molar-refractivity contribution in [3.63, 3.8) is 0 Å². The van der Waals surface area contributed by atoms with Crippen molar-refractivity contribution in [2.45, 2.75) is 19.1 Å². The van der Waals surface area contributed by atoms with E-state index in [-0.39, 0.29) is 11.7 Å². The van der Waals surface area contributed by atoms with Crippen LogP contribution in [0.15, 0.2) is 48.8 Å². The number of carbonyl (C=O) groups is 1. The first-order valence-electron chi connectivity index (χ1n) is 8.07. The van der Waals surface area contributed by atoms with Gasteiger partial charge in [-0.1, -0.05) is 18.2 Å². The van der Waals surface area contributed by atoms with E-state index in [1.165, 1.54) is 35.2 Å². The number of halogens is 1. The lowest BCUT2D eigenvalue weighted by molar-refractivity contribution is -0.113. The highest BCUT2D eigenvalue weighted by molar-refractivity contribution is 7.99. The van der Waals surface area contributed by atoms with Crippen LogP contribution >= 0.6 is 23.1 Å². The van der Waals surface area contributed by atoms with E-state index < -0.39 is 0 Å². The van der Waals surface area contributed by atoms with Crippen LogP contribution in [0.5, 0.6) is 0 Å². The van der Waals surface area contributed by atoms with Gasteiger partial charge in [-0.2, -0.15) is 0 Å². The predicted octanol–water partition coefficient (Wildman–Crippen LogP) is 4.45. The zero-order valence-electron chi connectivity index (χ0n) is 14.2. The SMILES string of the molecule is Cc1nc(NC(=O)CSCc2cccnc2)sc1Cc1ccc(F)cc1. The van der Waals surface area contributed by atoms with Crippen LogP contribution in [-0.2, 0) is 17.0 Å². The molecule has 0 aliphatic carbocycles. The molecule has 0 radical (unpaired) electrons. The Bertz CT molecular complexity index is 866. The first-order valence-corrected chi connectivity index (χ1v) is 10.0. The Labute approximate surface area is 159 Å². The number of anilines is 1. The fourth-order valence-corrected chi connectivity index (χ4v) is 4.11. The van der Waals surface area contributed by atoms with Gasteiger partial charge in [-0.05, 0) is 36.2 Å². The lowest BCUT2D eigenvalue weighted by Gasteiger charge is -2.02. The van der Waals surface area contributed by atoms with Crippen LogP contribution in [0, 0.1) is 12.7 Å². The smallest absolute Gasteiger partial charge is 0.236 e. The number of aryl methyl sites for hydroxylation is 1. The Balaban J connectivity index is 1.51. The Kier molecular flexibility index (Phi) is 6.35. The third-order valence-electron chi connectivity index (χ3n) is 3.64. The number of aromatic nitrogens is 2. The maximum atomic E-state index is 13.0. The molecule has 3 aromatic rings. The van der Waals surface area contributed by atoms with Crippen LogP contribution in [0.4, 0.5) is 9.52 Å². The van der Waals surface area contributed by atoms with Crippen molar-refractivity contribution in [2.24, 2.45) is 0 Å². The van der Waals surface area contributed by atoms with E-state index in [0.29, 0.717) is 17.3 Å². The van der Waals surface area contributed by atoms with Gasteiger partial charge in [-0.25, -0.2) is 9.37 Å². The first-order chi connectivity index (χ1) is 12.6. The normalized spacial score (nSPS) is 10.7. The summed E-state index contributed by atoms with van der Waals surface area (Å²) in [6, 6.07) is 10.3. The van der Waals surface area contributed by atoms with Crippen LogP contribution in [0.1, 0.15) is 21.7 Å². The Morgan fingerprint density at radius 1 is 1.23 bits per heavy atom. The number of nitrogens with one attached hydrogen (secondary N) is 1. The number of hydrogen-bond acceptors (Lipinski definition) is 5. The second-order valence-corrected chi connectivity index (χ2v) is 7.80. The van der Waals surface area contributed by atoms with Crippen LogP contribution < -0.4 is 5.32 Å². The lowest BCUT2D eigenvalue weighted by Crippen LogP contribution is -2.13. The average molecular weight is 388 g/mol. The quantitative estimate of drug-likeness (QED) is 0.651. The number of amides is 1. The summed E-state index contributed by atoms with van der Waals surface area (Å²) in [5.41, 5.74) is 3.00. The van der Waals surface area contributed by atoms with Crippen LogP contribution in [0.25, 0.3) is 0 Å². The minimum atomic E-state index is -0.244. The molecule has 0 atom stereocenters. The van der Waals surface area contributed by atoms with Gasteiger partial charge in [0.2, 0.25) is 5.91 Å². The highest BCUT2D eigenvalue weighted by atomic mass is 32.2. The molecule has 3 rings (SSSR count). The molecule has 0 bridgehead atoms. The molecule has 26 heavy (non-hydrogen) atoms. The van der Waals surface area contributed by atoms with E-state index in [1.807, 2.05) is 19.1 Å². The van der Waals surface area contributed by atoms with Gasteiger partial charge in [0, 0.05) is 29.4 Å². The number of benzene rings is 1. The van der Waals surface area contributed by atoms with Crippen molar-refractivity contribution in [1.29, 1.82) is 0 Å². The predicted molar refractivity (Wildman–Crippen MR) is 105 cm³/mol. The molecule has 4 nitrogen and oxygen atoms in total. The highest BCUT2D eigenvalue weighted by Gasteiger charge is 2.11. The van der Waals surface area contributed by atoms with E-state index >= 15 is 0 Å². The molecule has 2 heterocycles. The molecule has 2 aromatic heterocycles. The van der Waals surface area contributed by atoms with E-state index in [9.17, 15) is 9.18 Å². The molecule has 1 aromatic carbocycles. The summed E-state index contributed by atoms with van der Waals surface area (Å²) >= 11 is 3.00. The van der Waals surface area contributed by atoms with Crippen LogP contribution in [0.3, 0.4) is 0 Å². The maximum Gasteiger partial charge on any atom is 0.236 e. The van der Waals surface area contributed by atoms with E-state index in [1.54, 1.807) is 24.5 Å². The van der Waals surface area contributed by atoms with Gasteiger partial charge in [0.05, 0.1) is 11.4 Å². The summed E-state index contributed by atoms with van der Waals surface area (Å²) in [7, 11) is 0. The minimum absolute atomic E-state index is 0.0685. The third kappa shape index (κ3) is 5.37. The van der Waals surface area contributed by atoms with Gasteiger partial charge in [0.25, 0.3) is 0 Å². The van der Waals surface area contributed by atoms with Crippen LogP contribution in [-0.4, -0.2) is 21.6 Å². The van der Waals surface area contributed by atoms with Crippen molar-refractivity contribution in [2.75, 3.05) is 11.1 Å². The Morgan fingerprint density at radius 2 is 2.04 bits per heavy atom. The molecule has 0 aliphatic heterocycles. The van der Waals surface area contributed by atoms with Gasteiger partial charge in [0.1, 0.15) is 5.82 Å². The monoisotopic (exact) mass is 387 g/mol. The molecular formula is C19H18FN3OS2. The number of carbonyl (C=O) groups excluding carboxylic acids is 1. The zero-order valence-corrected chi connectivity index (χ0v) is 15.9. The summed E-state index contributed by atoms with van der Waals surface area (Å²) in [4.78, 5) is 21.6. The molecule has 0 aliphatic rings. The van der Waals surface area contributed by atoms with Crippen molar-refractivity contribution in [1.82, 2.24) is 9.97 Å². The van der Waals surface area contributed by atoms with Crippen molar-refractivity contribution < 1.29 is 9.18 Å². The van der Waals surface area contributed by atoms with Crippen molar-refractivity contribution >= 4 is 34.1 Å². The van der Waals surface area contributed by atoms with Gasteiger partial charge < -0.3 is 5.32 Å². The molecule has 134 valence electrons. The van der Waals surface area contributed by atoms with E-state index in [4.69, 9.17) is 0 Å². The summed E-state index contributed by atoms with van der Waals surface area (Å²) in [5, 5.41) is 3.46. The maximum absolute atomic E-state index is 13.0. The number of thioether (sulfide) groups is 1. The highest BCUT2D eigenvalue weighted by Crippen LogP contribution is 2.25. The van der Waals surface area contributed by atoms with Gasteiger partial charge in [-0.15, -0.1) is 23.1 Å². The summed E-state index contributed by atoms with van der Waals surface area (Å²) in [5.74, 6) is 0.793. The average Bonchev–Trinajstić information content (AvgIpc) is 2.97. The Hall–Kier alpha value is -2.25. The molecule has 0 spiro atoms. The summed E-state index contributed by atoms with van der Waals surface area (Å²) < 4.78 is 13.0. The topological polar surface area (TPSA) is 54.9 Å². The first kappa shape index (κ1) is 18.5. The van der Waals surface area contributed by atoms with Crippen molar-refractivity contribution in [3.05, 3.63) is 76.3 Å². The van der Waals surface area contributed by atoms with Crippen molar-refractivity contribution in [3.8, 4) is 0 Å². The largest absolute Gasteiger partial charge is 0.301 e. The fraction of sp³-hybridized carbons (Fsp3) is 0.211. The van der Waals surface area contributed by atoms with Gasteiger partial charge in [0.15, 0.2) is 5.13 Å². The zero-order chi connectivity index (χ0) is 18.4. The minimum Gasteiger partial charge on any atom is -0.301 e. The number of thiazole rings is 1. The molecule has 1 N–H and O–H groups in total. The second kappa shape index (κ2) is 8.91. The molecule has 0 fully saturated rings. The number of pyridine rings is 1. The van der Waals surface area contributed by atoms with E-state index in [2.05, 4.69) is 15.3 Å². The molecule has 1 amide bonds. The lowest BCUT2D eigenvalue weighted by atomic mass is 10.1. The standard InChI is InChI=1S/C19H18FN3OS2/c1-13-17(9-14-4-6-16(20)7-5-14)26-19(22-13)23-18(24)12-25-11-15-3-2-8-21-10-15/h2-8,10H,9,11-12H2,1H3,(H,22,23,24). The van der Waals surface area contributed by atoms with Gasteiger partial charge >= 0.3 is 0 Å². The summed E-state index contributed by atoms with van der Waals surface area (Å²) in [6.07, 6.45) is 4.21. The number of rotatable bonds is 7. The Morgan fingerprint density at radius 3 is 2.77 bits per heavy atom. The fourth-order valence-electron chi connectivity index (χ4n) is 2.33. The number of nitrogens with zero attached hydrogens (tertiary/aromatic N) is 2. The van der Waals surface area contributed by atoms with Crippen LogP contribution in [0.2, 0.25) is 0 Å². The molecule has 0 saturated carbocycles. The van der Waals surface area contributed by atoms with Gasteiger partial charge in [-0.3, -0.25) is 9.78 Å². The number of hydrogen-bond donors (Lipinski definition) is 1.